The molecule has 0 spiro atoms. The first-order chi connectivity index (χ1) is 7.43. The zero-order valence-electron chi connectivity index (χ0n) is 8.31. The molecule has 0 atom stereocenters. The van der Waals surface area contributed by atoms with E-state index < -0.39 is 0 Å². The van der Waals surface area contributed by atoms with Crippen molar-refractivity contribution in [3.05, 3.63) is 53.9 Å². The minimum Gasteiger partial charge on any atom is -0.455 e. The molecular formula is C13H11NO. The lowest BCUT2D eigenvalue weighted by molar-refractivity contribution is 0.477. The summed E-state index contributed by atoms with van der Waals surface area (Å²) in [4.78, 5) is 4.09. The third-order valence-electron chi connectivity index (χ3n) is 2.73. The zero-order valence-corrected chi connectivity index (χ0v) is 8.31. The summed E-state index contributed by atoms with van der Waals surface area (Å²) in [7, 11) is 0. The summed E-state index contributed by atoms with van der Waals surface area (Å²) >= 11 is 0. The first kappa shape index (κ1) is 8.48. The van der Waals surface area contributed by atoms with Crippen LogP contribution in [-0.4, -0.2) is 4.98 Å². The summed E-state index contributed by atoms with van der Waals surface area (Å²) in [5.74, 6) is 1.85. The molecule has 0 N–H and O–H groups in total. The SMILES string of the molecule is c1ccc2c(c1)CCc1ccncc1O2. The number of ether oxygens (including phenoxy) is 1. The Morgan fingerprint density at radius 2 is 1.73 bits per heavy atom. The molecule has 1 aliphatic rings. The van der Waals surface area contributed by atoms with Gasteiger partial charge in [-0.25, -0.2) is 0 Å². The fraction of sp³-hybridized carbons (Fsp3) is 0.154. The van der Waals surface area contributed by atoms with E-state index in [0.29, 0.717) is 0 Å². The molecule has 0 aliphatic carbocycles. The van der Waals surface area contributed by atoms with Gasteiger partial charge in [-0.2, -0.15) is 0 Å². The number of para-hydroxylation sites is 1. The zero-order chi connectivity index (χ0) is 10.1. The Balaban J connectivity index is 2.10. The number of hydrogen-bond acceptors (Lipinski definition) is 2. The first-order valence-electron chi connectivity index (χ1n) is 5.12. The van der Waals surface area contributed by atoms with E-state index >= 15 is 0 Å². The van der Waals surface area contributed by atoms with Crippen LogP contribution >= 0.6 is 0 Å². The number of hydrogen-bond donors (Lipinski definition) is 0. The highest BCUT2D eigenvalue weighted by molar-refractivity contribution is 5.43. The quantitative estimate of drug-likeness (QED) is 0.647. The molecule has 1 aliphatic heterocycles. The van der Waals surface area contributed by atoms with Crippen LogP contribution in [0.15, 0.2) is 42.7 Å². The van der Waals surface area contributed by atoms with Crippen molar-refractivity contribution in [3.63, 3.8) is 0 Å². The van der Waals surface area contributed by atoms with Gasteiger partial charge in [0, 0.05) is 6.20 Å². The Kier molecular flexibility index (Phi) is 1.91. The molecule has 0 saturated carbocycles. The molecule has 1 aromatic heterocycles. The van der Waals surface area contributed by atoms with E-state index in [0.717, 1.165) is 24.3 Å². The number of fused-ring (bicyclic) bond motifs is 2. The van der Waals surface area contributed by atoms with Gasteiger partial charge in [0.25, 0.3) is 0 Å². The highest BCUT2D eigenvalue weighted by Crippen LogP contribution is 2.32. The molecule has 3 rings (SSSR count). The third-order valence-corrected chi connectivity index (χ3v) is 2.73. The molecule has 2 aromatic rings. The molecule has 0 unspecified atom stereocenters. The third kappa shape index (κ3) is 1.48. The van der Waals surface area contributed by atoms with Crippen LogP contribution in [-0.2, 0) is 12.8 Å². The lowest BCUT2D eigenvalue weighted by atomic mass is 10.1. The van der Waals surface area contributed by atoms with Crippen molar-refractivity contribution in [1.82, 2.24) is 4.98 Å². The van der Waals surface area contributed by atoms with E-state index in [9.17, 15) is 0 Å². The molecule has 1 aromatic carbocycles. The summed E-state index contributed by atoms with van der Waals surface area (Å²) in [5.41, 5.74) is 2.51. The first-order valence-corrected chi connectivity index (χ1v) is 5.12. The van der Waals surface area contributed by atoms with Crippen LogP contribution in [0, 0.1) is 0 Å². The van der Waals surface area contributed by atoms with Gasteiger partial charge in [-0.3, -0.25) is 4.98 Å². The highest BCUT2D eigenvalue weighted by Gasteiger charge is 2.13. The largest absolute Gasteiger partial charge is 0.455 e. The minimum atomic E-state index is 0.891. The standard InChI is InChI=1S/C13H11NO/c1-2-4-12-10(3-1)5-6-11-7-8-14-9-13(11)15-12/h1-4,7-9H,5-6H2. The van der Waals surface area contributed by atoms with E-state index in [-0.39, 0.29) is 0 Å². The van der Waals surface area contributed by atoms with Crippen LogP contribution in [0.5, 0.6) is 11.5 Å². The average Bonchev–Trinajstić information content (AvgIpc) is 2.48. The van der Waals surface area contributed by atoms with Crippen LogP contribution < -0.4 is 4.74 Å². The number of rotatable bonds is 0. The molecule has 0 radical (unpaired) electrons. The van der Waals surface area contributed by atoms with Gasteiger partial charge in [0.1, 0.15) is 11.5 Å². The predicted molar refractivity (Wildman–Crippen MR) is 58.2 cm³/mol. The Bertz CT molecular complexity index is 448. The second kappa shape index (κ2) is 3.39. The van der Waals surface area contributed by atoms with Gasteiger partial charge in [-0.15, -0.1) is 0 Å². The Morgan fingerprint density at radius 3 is 2.67 bits per heavy atom. The van der Waals surface area contributed by atoms with Gasteiger partial charge in [0.05, 0.1) is 6.20 Å². The molecule has 2 heteroatoms. The molecule has 2 heterocycles. The predicted octanol–water partition coefficient (Wildman–Crippen LogP) is 2.97. The van der Waals surface area contributed by atoms with Crippen molar-refractivity contribution in [2.45, 2.75) is 12.8 Å². The van der Waals surface area contributed by atoms with Crippen LogP contribution in [0.4, 0.5) is 0 Å². The summed E-state index contributed by atoms with van der Waals surface area (Å²) in [5, 5.41) is 0. The molecular weight excluding hydrogens is 186 g/mol. The van der Waals surface area contributed by atoms with Gasteiger partial charge in [-0.1, -0.05) is 18.2 Å². The van der Waals surface area contributed by atoms with Gasteiger partial charge >= 0.3 is 0 Å². The van der Waals surface area contributed by atoms with E-state index in [1.54, 1.807) is 6.20 Å². The smallest absolute Gasteiger partial charge is 0.148 e. The normalized spacial score (nSPS) is 13.3. The van der Waals surface area contributed by atoms with Crippen LogP contribution in [0.3, 0.4) is 0 Å². The Morgan fingerprint density at radius 1 is 0.933 bits per heavy atom. The van der Waals surface area contributed by atoms with E-state index in [2.05, 4.69) is 17.1 Å². The summed E-state index contributed by atoms with van der Waals surface area (Å²) in [6.45, 7) is 0. The van der Waals surface area contributed by atoms with Crippen LogP contribution in [0.25, 0.3) is 0 Å². The molecule has 74 valence electrons. The van der Waals surface area contributed by atoms with Crippen LogP contribution in [0.2, 0.25) is 0 Å². The maximum Gasteiger partial charge on any atom is 0.148 e. The van der Waals surface area contributed by atoms with Gasteiger partial charge in [-0.05, 0) is 36.1 Å². The molecule has 0 fully saturated rings. The second-order valence-electron chi connectivity index (χ2n) is 3.69. The summed E-state index contributed by atoms with van der Waals surface area (Å²) in [6, 6.07) is 10.2. The lowest BCUT2D eigenvalue weighted by Crippen LogP contribution is -1.88. The van der Waals surface area contributed by atoms with Crippen molar-refractivity contribution in [1.29, 1.82) is 0 Å². The number of benzene rings is 1. The summed E-state index contributed by atoms with van der Waals surface area (Å²) in [6.07, 6.45) is 5.66. The number of nitrogens with zero attached hydrogens (tertiary/aromatic N) is 1. The van der Waals surface area contributed by atoms with Crippen molar-refractivity contribution >= 4 is 0 Å². The maximum atomic E-state index is 5.84. The minimum absolute atomic E-state index is 0.891. The van der Waals surface area contributed by atoms with Crippen molar-refractivity contribution in [2.75, 3.05) is 0 Å². The number of aromatic nitrogens is 1. The topological polar surface area (TPSA) is 22.1 Å². The Labute approximate surface area is 88.5 Å². The van der Waals surface area contributed by atoms with Gasteiger partial charge < -0.3 is 4.74 Å². The molecule has 2 nitrogen and oxygen atoms in total. The molecule has 0 bridgehead atoms. The highest BCUT2D eigenvalue weighted by atomic mass is 16.5. The number of pyridine rings is 1. The molecule has 0 saturated heterocycles. The average molecular weight is 197 g/mol. The second-order valence-corrected chi connectivity index (χ2v) is 3.69. The lowest BCUT2D eigenvalue weighted by Gasteiger charge is -2.06. The van der Waals surface area contributed by atoms with Gasteiger partial charge in [0.2, 0.25) is 0 Å². The fourth-order valence-corrected chi connectivity index (χ4v) is 1.90. The van der Waals surface area contributed by atoms with E-state index in [4.69, 9.17) is 4.74 Å². The van der Waals surface area contributed by atoms with Gasteiger partial charge in [0.15, 0.2) is 0 Å². The summed E-state index contributed by atoms with van der Waals surface area (Å²) < 4.78 is 5.84. The van der Waals surface area contributed by atoms with Crippen molar-refractivity contribution < 1.29 is 4.74 Å². The maximum absolute atomic E-state index is 5.84. The van der Waals surface area contributed by atoms with E-state index in [1.807, 2.05) is 24.4 Å². The van der Waals surface area contributed by atoms with E-state index in [1.165, 1.54) is 11.1 Å². The van der Waals surface area contributed by atoms with Crippen molar-refractivity contribution in [3.8, 4) is 11.5 Å². The fourth-order valence-electron chi connectivity index (χ4n) is 1.90. The molecule has 0 amide bonds. The molecule has 15 heavy (non-hydrogen) atoms. The monoisotopic (exact) mass is 197 g/mol. The Hall–Kier alpha value is -1.83. The van der Waals surface area contributed by atoms with Crippen molar-refractivity contribution in [2.24, 2.45) is 0 Å². The van der Waals surface area contributed by atoms with Crippen LogP contribution in [0.1, 0.15) is 11.1 Å². The number of aryl methyl sites for hydroxylation is 2.